The average molecular weight is 398 g/mol. The van der Waals surface area contributed by atoms with Crippen LogP contribution < -0.4 is 10.6 Å². The van der Waals surface area contributed by atoms with E-state index >= 15 is 0 Å². The molecule has 0 unspecified atom stereocenters. The maximum atomic E-state index is 14.8. The zero-order valence-electron chi connectivity index (χ0n) is 16.8. The van der Waals surface area contributed by atoms with E-state index in [1.165, 1.54) is 11.6 Å². The number of para-hydroxylation sites is 2. The van der Waals surface area contributed by atoms with Gasteiger partial charge in [0, 0.05) is 23.3 Å². The molecule has 0 radical (unpaired) electrons. The molecule has 4 heteroatoms. The average Bonchev–Trinajstić information content (AvgIpc) is 2.91. The zero-order chi connectivity index (χ0) is 20.7. The molecular weight excluding hydrogens is 375 g/mol. The molecule has 150 valence electrons. The number of nitrogens with one attached hydrogen (secondary N) is 2. The van der Waals surface area contributed by atoms with Crippen LogP contribution in [0.25, 0.3) is 0 Å². The van der Waals surface area contributed by atoms with Crippen LogP contribution in [0.4, 0.5) is 15.8 Å². The van der Waals surface area contributed by atoms with Crippen molar-refractivity contribution in [1.82, 2.24) is 0 Å². The Bertz CT molecular complexity index is 1150. The quantitative estimate of drug-likeness (QED) is 0.547. The van der Waals surface area contributed by atoms with Gasteiger partial charge in [0.1, 0.15) is 5.82 Å². The minimum Gasteiger partial charge on any atom is -0.372 e. The van der Waals surface area contributed by atoms with E-state index in [1.807, 2.05) is 30.3 Å². The number of anilines is 2. The summed E-state index contributed by atoms with van der Waals surface area (Å²) in [6, 6.07) is 22.4. The number of carbonyl (C=O) groups excluding carboxylic acids is 1. The van der Waals surface area contributed by atoms with Crippen molar-refractivity contribution in [2.75, 3.05) is 10.6 Å². The number of hydrogen-bond donors (Lipinski definition) is 2. The molecule has 5 rings (SSSR count). The number of aryl methyl sites for hydroxylation is 1. The number of ketones is 1. The second-order valence-electron chi connectivity index (χ2n) is 8.10. The highest BCUT2D eigenvalue weighted by molar-refractivity contribution is 6.01. The highest BCUT2D eigenvalue weighted by Crippen LogP contribution is 2.44. The van der Waals surface area contributed by atoms with Crippen LogP contribution in [0.3, 0.4) is 0 Å². The fourth-order valence-corrected chi connectivity index (χ4v) is 4.51. The maximum absolute atomic E-state index is 14.8. The second kappa shape index (κ2) is 7.45. The summed E-state index contributed by atoms with van der Waals surface area (Å²) in [5.74, 6) is -0.145. The number of rotatable bonds is 2. The van der Waals surface area contributed by atoms with Crippen LogP contribution in [0.5, 0.6) is 0 Å². The molecule has 0 spiro atoms. The Labute approximate surface area is 175 Å². The molecule has 2 N–H and O–H groups in total. The van der Waals surface area contributed by atoms with Crippen LogP contribution >= 0.6 is 0 Å². The fourth-order valence-electron chi connectivity index (χ4n) is 4.51. The molecule has 0 saturated carbocycles. The zero-order valence-corrected chi connectivity index (χ0v) is 16.8. The number of benzene rings is 3. The van der Waals surface area contributed by atoms with Crippen LogP contribution in [-0.2, 0) is 4.79 Å². The molecular formula is C26H23FN2O. The molecule has 0 bridgehead atoms. The SMILES string of the molecule is Cc1ccc([C@@H]2CC(=O)C3=C(C2)Nc2ccccc2N[C@H]3c2ccccc2F)cc1. The van der Waals surface area contributed by atoms with Gasteiger partial charge >= 0.3 is 0 Å². The van der Waals surface area contributed by atoms with Gasteiger partial charge in [-0.15, -0.1) is 0 Å². The fraction of sp³-hybridized carbons (Fsp3) is 0.192. The summed E-state index contributed by atoms with van der Waals surface area (Å²) in [4.78, 5) is 13.4. The number of halogens is 1. The van der Waals surface area contributed by atoms with E-state index in [0.717, 1.165) is 22.6 Å². The van der Waals surface area contributed by atoms with Crippen molar-refractivity contribution in [3.8, 4) is 0 Å². The number of fused-ring (bicyclic) bond motifs is 1. The van der Waals surface area contributed by atoms with Gasteiger partial charge in [0.2, 0.25) is 0 Å². The molecule has 0 saturated heterocycles. The number of allylic oxidation sites excluding steroid dienone is 1. The van der Waals surface area contributed by atoms with E-state index in [4.69, 9.17) is 0 Å². The Morgan fingerprint density at radius 2 is 1.57 bits per heavy atom. The van der Waals surface area contributed by atoms with Crippen LogP contribution in [0.2, 0.25) is 0 Å². The third-order valence-corrected chi connectivity index (χ3v) is 6.07. The lowest BCUT2D eigenvalue weighted by molar-refractivity contribution is -0.116. The first-order valence-electron chi connectivity index (χ1n) is 10.3. The standard InChI is InChI=1S/C26H23FN2O/c1-16-10-12-17(13-11-16)18-14-23-25(24(30)15-18)26(19-6-2-3-7-20(19)27)29-22-9-5-4-8-21(22)28-23/h2-13,18,26,28-29H,14-15H2,1H3/t18-,26-/m0/s1. The van der Waals surface area contributed by atoms with E-state index in [-0.39, 0.29) is 17.5 Å². The van der Waals surface area contributed by atoms with E-state index in [1.54, 1.807) is 12.1 Å². The largest absolute Gasteiger partial charge is 0.372 e. The van der Waals surface area contributed by atoms with Crippen molar-refractivity contribution < 1.29 is 9.18 Å². The van der Waals surface area contributed by atoms with Crippen LogP contribution in [0.1, 0.15) is 41.5 Å². The predicted octanol–water partition coefficient (Wildman–Crippen LogP) is 6.11. The van der Waals surface area contributed by atoms with Crippen molar-refractivity contribution in [1.29, 1.82) is 0 Å². The van der Waals surface area contributed by atoms with E-state index in [0.29, 0.717) is 24.0 Å². The molecule has 0 fully saturated rings. The highest BCUT2D eigenvalue weighted by atomic mass is 19.1. The van der Waals surface area contributed by atoms with Gasteiger partial charge in [-0.1, -0.05) is 60.2 Å². The van der Waals surface area contributed by atoms with E-state index < -0.39 is 6.04 Å². The monoisotopic (exact) mass is 398 g/mol. The molecule has 2 aliphatic rings. The Balaban J connectivity index is 1.62. The second-order valence-corrected chi connectivity index (χ2v) is 8.10. The topological polar surface area (TPSA) is 41.1 Å². The predicted molar refractivity (Wildman–Crippen MR) is 118 cm³/mol. The van der Waals surface area contributed by atoms with Gasteiger partial charge in [0.05, 0.1) is 17.4 Å². The molecule has 3 nitrogen and oxygen atoms in total. The Kier molecular flexibility index (Phi) is 4.62. The molecule has 3 aromatic rings. The third kappa shape index (κ3) is 3.28. The lowest BCUT2D eigenvalue weighted by atomic mass is 9.78. The summed E-state index contributed by atoms with van der Waals surface area (Å²) in [7, 11) is 0. The van der Waals surface area contributed by atoms with Crippen LogP contribution in [0, 0.1) is 12.7 Å². The van der Waals surface area contributed by atoms with Crippen molar-refractivity contribution in [2.45, 2.75) is 31.7 Å². The molecule has 0 aromatic heterocycles. The molecule has 0 amide bonds. The third-order valence-electron chi connectivity index (χ3n) is 6.07. The van der Waals surface area contributed by atoms with Crippen molar-refractivity contribution >= 4 is 17.2 Å². The summed E-state index contributed by atoms with van der Waals surface area (Å²) in [5.41, 5.74) is 6.13. The normalized spacial score (nSPS) is 20.5. The van der Waals surface area contributed by atoms with E-state index in [9.17, 15) is 9.18 Å². The summed E-state index contributed by atoms with van der Waals surface area (Å²) in [5, 5.41) is 6.92. The first-order chi connectivity index (χ1) is 14.6. The first kappa shape index (κ1) is 18.6. The van der Waals surface area contributed by atoms with Crippen molar-refractivity contribution in [3.05, 3.63) is 107 Å². The molecule has 3 aromatic carbocycles. The summed E-state index contributed by atoms with van der Waals surface area (Å²) >= 11 is 0. The molecule has 1 aliphatic heterocycles. The number of Topliss-reactive ketones (excluding diaryl/α,β-unsaturated/α-hetero) is 1. The van der Waals surface area contributed by atoms with Gasteiger partial charge in [-0.05, 0) is 43.0 Å². The van der Waals surface area contributed by atoms with Gasteiger partial charge in [-0.2, -0.15) is 0 Å². The van der Waals surface area contributed by atoms with E-state index in [2.05, 4.69) is 41.8 Å². The van der Waals surface area contributed by atoms with Crippen molar-refractivity contribution in [3.63, 3.8) is 0 Å². The van der Waals surface area contributed by atoms with Gasteiger partial charge in [-0.25, -0.2) is 4.39 Å². The minimum absolute atomic E-state index is 0.0582. The molecule has 1 aliphatic carbocycles. The van der Waals surface area contributed by atoms with Gasteiger partial charge in [0.25, 0.3) is 0 Å². The lowest BCUT2D eigenvalue weighted by Gasteiger charge is -2.30. The van der Waals surface area contributed by atoms with Gasteiger partial charge in [0.15, 0.2) is 5.78 Å². The molecule has 30 heavy (non-hydrogen) atoms. The minimum atomic E-state index is -0.524. The Morgan fingerprint density at radius 3 is 2.33 bits per heavy atom. The smallest absolute Gasteiger partial charge is 0.163 e. The Morgan fingerprint density at radius 1 is 0.867 bits per heavy atom. The number of hydrogen-bond acceptors (Lipinski definition) is 3. The summed E-state index contributed by atoms with van der Waals surface area (Å²) in [6.45, 7) is 2.06. The molecule has 2 atom stereocenters. The van der Waals surface area contributed by atoms with Crippen molar-refractivity contribution in [2.24, 2.45) is 0 Å². The lowest BCUT2D eigenvalue weighted by Crippen LogP contribution is -2.27. The maximum Gasteiger partial charge on any atom is 0.163 e. The van der Waals surface area contributed by atoms with Gasteiger partial charge in [-0.3, -0.25) is 4.79 Å². The highest BCUT2D eigenvalue weighted by Gasteiger charge is 2.36. The van der Waals surface area contributed by atoms with Gasteiger partial charge < -0.3 is 10.6 Å². The summed E-state index contributed by atoms with van der Waals surface area (Å²) in [6.07, 6.45) is 1.14. The van der Waals surface area contributed by atoms with Crippen LogP contribution in [0.15, 0.2) is 84.1 Å². The number of carbonyl (C=O) groups is 1. The van der Waals surface area contributed by atoms with Crippen LogP contribution in [-0.4, -0.2) is 5.78 Å². The summed E-state index contributed by atoms with van der Waals surface area (Å²) < 4.78 is 14.8. The Hall–Kier alpha value is -3.40. The first-order valence-corrected chi connectivity index (χ1v) is 10.3. The molecule has 1 heterocycles.